The molecule has 26 heavy (non-hydrogen) atoms. The molecule has 1 aromatic rings. The maximum Gasteiger partial charge on any atom is 0.422 e. The second-order valence-corrected chi connectivity index (χ2v) is 8.14. The quantitative estimate of drug-likeness (QED) is 0.387. The molecular weight excluding hydrogens is 480 g/mol. The van der Waals surface area contributed by atoms with Crippen LogP contribution >= 0.6 is 35.7 Å². The van der Waals surface area contributed by atoms with Crippen LogP contribution in [0.2, 0.25) is 0 Å². The van der Waals surface area contributed by atoms with Crippen LogP contribution in [0, 0.1) is 0 Å². The van der Waals surface area contributed by atoms with Crippen molar-refractivity contribution >= 4 is 41.7 Å². The van der Waals surface area contributed by atoms with Crippen molar-refractivity contribution in [1.82, 2.24) is 15.2 Å². The summed E-state index contributed by atoms with van der Waals surface area (Å²) in [6, 6.07) is 3.13. The molecule has 1 saturated heterocycles. The van der Waals surface area contributed by atoms with Gasteiger partial charge in [-0.25, -0.2) is 4.98 Å². The normalized spacial score (nSPS) is 17.5. The molecule has 148 valence electrons. The highest BCUT2D eigenvalue weighted by atomic mass is 127. The molecule has 0 radical (unpaired) electrons. The molecule has 1 fully saturated rings. The van der Waals surface area contributed by atoms with Crippen LogP contribution in [0.1, 0.15) is 19.4 Å². The van der Waals surface area contributed by atoms with Gasteiger partial charge in [-0.3, -0.25) is 4.99 Å². The van der Waals surface area contributed by atoms with E-state index >= 15 is 0 Å². The van der Waals surface area contributed by atoms with E-state index in [2.05, 4.69) is 38.8 Å². The zero-order valence-corrected chi connectivity index (χ0v) is 18.1. The van der Waals surface area contributed by atoms with Crippen LogP contribution in [-0.2, 0) is 6.54 Å². The van der Waals surface area contributed by atoms with E-state index in [1.165, 1.54) is 12.3 Å². The summed E-state index contributed by atoms with van der Waals surface area (Å²) in [7, 11) is 1.74. The van der Waals surface area contributed by atoms with Gasteiger partial charge in [0, 0.05) is 49.4 Å². The topological polar surface area (TPSA) is 49.8 Å². The van der Waals surface area contributed by atoms with E-state index in [-0.39, 0.29) is 34.6 Å². The zero-order valence-electron chi connectivity index (χ0n) is 15.0. The van der Waals surface area contributed by atoms with Gasteiger partial charge in [-0.1, -0.05) is 6.07 Å². The van der Waals surface area contributed by atoms with Gasteiger partial charge in [0.1, 0.15) is 0 Å². The first-order valence-corrected chi connectivity index (χ1v) is 8.91. The number of alkyl halides is 3. The highest BCUT2D eigenvalue weighted by Crippen LogP contribution is 2.29. The van der Waals surface area contributed by atoms with Crippen molar-refractivity contribution in [3.8, 4) is 5.88 Å². The van der Waals surface area contributed by atoms with E-state index in [0.717, 1.165) is 30.4 Å². The minimum atomic E-state index is -4.37. The Labute approximate surface area is 173 Å². The molecule has 10 heteroatoms. The van der Waals surface area contributed by atoms with Crippen molar-refractivity contribution in [1.29, 1.82) is 0 Å². The molecule has 1 aromatic heterocycles. The second-order valence-electron chi connectivity index (χ2n) is 6.34. The average molecular weight is 504 g/mol. The summed E-state index contributed by atoms with van der Waals surface area (Å²) in [6.07, 6.45) is -2.86. The highest BCUT2D eigenvalue weighted by Gasteiger charge is 2.29. The van der Waals surface area contributed by atoms with Crippen LogP contribution in [0.3, 0.4) is 0 Å². The first-order chi connectivity index (χ1) is 11.7. The van der Waals surface area contributed by atoms with Gasteiger partial charge in [0.05, 0.1) is 0 Å². The average Bonchev–Trinajstić information content (AvgIpc) is 2.53. The van der Waals surface area contributed by atoms with Crippen LogP contribution in [0.4, 0.5) is 13.2 Å². The summed E-state index contributed by atoms with van der Waals surface area (Å²) in [6.45, 7) is 5.40. The number of aromatic nitrogens is 1. The lowest BCUT2D eigenvalue weighted by molar-refractivity contribution is -0.154. The number of aliphatic imine (C=N–C) groups is 1. The fraction of sp³-hybridized carbons (Fsp3) is 0.625. The number of halogens is 4. The lowest BCUT2D eigenvalue weighted by Gasteiger charge is -2.39. The summed E-state index contributed by atoms with van der Waals surface area (Å²) in [5.41, 5.74) is 0.839. The van der Waals surface area contributed by atoms with E-state index in [9.17, 15) is 13.2 Å². The molecule has 5 nitrogen and oxygen atoms in total. The largest absolute Gasteiger partial charge is 0.468 e. The number of pyridine rings is 1. The van der Waals surface area contributed by atoms with Gasteiger partial charge < -0.3 is 15.0 Å². The molecule has 0 aromatic carbocycles. The Morgan fingerprint density at radius 3 is 2.69 bits per heavy atom. The molecule has 0 spiro atoms. The summed E-state index contributed by atoms with van der Waals surface area (Å²) in [5, 5.41) is 3.27. The minimum Gasteiger partial charge on any atom is -0.468 e. The molecule has 1 N–H and O–H groups in total. The number of ether oxygens (including phenoxy) is 1. The van der Waals surface area contributed by atoms with Crippen LogP contribution in [-0.4, -0.2) is 59.3 Å². The molecule has 0 bridgehead atoms. The van der Waals surface area contributed by atoms with E-state index in [1.54, 1.807) is 13.1 Å². The number of nitrogens with zero attached hydrogens (tertiary/aromatic N) is 3. The third kappa shape index (κ3) is 7.77. The van der Waals surface area contributed by atoms with Crippen molar-refractivity contribution in [2.45, 2.75) is 31.3 Å². The maximum absolute atomic E-state index is 12.1. The zero-order chi connectivity index (χ0) is 18.5. The molecule has 0 amide bonds. The summed E-state index contributed by atoms with van der Waals surface area (Å²) >= 11 is 1.95. The number of hydrogen-bond donors (Lipinski definition) is 1. The van der Waals surface area contributed by atoms with E-state index < -0.39 is 12.8 Å². The van der Waals surface area contributed by atoms with Gasteiger partial charge in [0.25, 0.3) is 0 Å². The van der Waals surface area contributed by atoms with E-state index in [4.69, 9.17) is 0 Å². The van der Waals surface area contributed by atoms with Crippen molar-refractivity contribution in [3.05, 3.63) is 23.9 Å². The Hall–Kier alpha value is -0.910. The molecule has 0 atom stereocenters. The van der Waals surface area contributed by atoms with Crippen molar-refractivity contribution in [3.63, 3.8) is 0 Å². The molecule has 2 heterocycles. The van der Waals surface area contributed by atoms with Crippen molar-refractivity contribution in [2.75, 3.05) is 32.5 Å². The van der Waals surface area contributed by atoms with Crippen molar-refractivity contribution < 1.29 is 17.9 Å². The monoisotopic (exact) mass is 504 g/mol. The third-order valence-electron chi connectivity index (χ3n) is 3.57. The van der Waals surface area contributed by atoms with Crippen LogP contribution < -0.4 is 10.1 Å². The van der Waals surface area contributed by atoms with E-state index in [0.29, 0.717) is 6.54 Å². The third-order valence-corrected chi connectivity index (χ3v) is 4.87. The van der Waals surface area contributed by atoms with Gasteiger partial charge in [-0.15, -0.1) is 24.0 Å². The molecule has 1 aliphatic rings. The smallest absolute Gasteiger partial charge is 0.422 e. The minimum absolute atomic E-state index is 0. The van der Waals surface area contributed by atoms with Gasteiger partial charge in [0.2, 0.25) is 5.88 Å². The van der Waals surface area contributed by atoms with Crippen LogP contribution in [0.5, 0.6) is 5.88 Å². The number of thioether (sulfide) groups is 1. The highest BCUT2D eigenvalue weighted by molar-refractivity contribution is 14.0. The maximum atomic E-state index is 12.1. The fourth-order valence-electron chi connectivity index (χ4n) is 2.47. The van der Waals surface area contributed by atoms with Gasteiger partial charge in [-0.2, -0.15) is 24.9 Å². The predicted octanol–water partition coefficient (Wildman–Crippen LogP) is 3.54. The Kier molecular flexibility index (Phi) is 8.77. The Bertz CT molecular complexity index is 596. The SMILES string of the molecule is CN=C(NCc1ccc(OCC(F)(F)F)nc1)N1CCSC(C)(C)C1.I. The first kappa shape index (κ1) is 23.1. The van der Waals surface area contributed by atoms with Crippen LogP contribution in [0.25, 0.3) is 0 Å². The molecule has 0 aliphatic carbocycles. The number of nitrogens with one attached hydrogen (secondary N) is 1. The van der Waals surface area contributed by atoms with Crippen molar-refractivity contribution in [2.24, 2.45) is 4.99 Å². The Morgan fingerprint density at radius 2 is 2.15 bits per heavy atom. The molecule has 1 aliphatic heterocycles. The molecule has 0 unspecified atom stereocenters. The Morgan fingerprint density at radius 1 is 1.42 bits per heavy atom. The molecule has 2 rings (SSSR count). The van der Waals surface area contributed by atoms with Crippen LogP contribution in [0.15, 0.2) is 23.3 Å². The lowest BCUT2D eigenvalue weighted by atomic mass is 10.2. The first-order valence-electron chi connectivity index (χ1n) is 7.92. The van der Waals surface area contributed by atoms with Gasteiger partial charge in [-0.05, 0) is 19.4 Å². The predicted molar refractivity (Wildman–Crippen MR) is 110 cm³/mol. The van der Waals surface area contributed by atoms with E-state index in [1.807, 2.05) is 11.8 Å². The number of guanidine groups is 1. The number of rotatable bonds is 4. The van der Waals surface area contributed by atoms with Gasteiger partial charge >= 0.3 is 6.18 Å². The summed E-state index contributed by atoms with van der Waals surface area (Å²) in [4.78, 5) is 10.4. The summed E-state index contributed by atoms with van der Waals surface area (Å²) in [5.74, 6) is 1.81. The second kappa shape index (κ2) is 9.86. The molecule has 0 saturated carbocycles. The fourth-order valence-corrected chi connectivity index (χ4v) is 3.58. The number of hydrogen-bond acceptors (Lipinski definition) is 4. The van der Waals surface area contributed by atoms with Gasteiger partial charge in [0.15, 0.2) is 12.6 Å². The standard InChI is InChI=1S/C16H23F3N4OS.HI/c1-15(2)10-23(6-7-25-15)14(20-3)22-9-12-4-5-13(21-8-12)24-11-16(17,18)19;/h4-5,8H,6-7,9-11H2,1-3H3,(H,20,22);1H. The molecular formula is C16H24F3IN4OS. The lowest BCUT2D eigenvalue weighted by Crippen LogP contribution is -2.50. The summed E-state index contributed by atoms with van der Waals surface area (Å²) < 4.78 is 41.1. The Balaban J connectivity index is 0.00000338.